The Labute approximate surface area is 139 Å². The lowest BCUT2D eigenvalue weighted by Gasteiger charge is -2.12. The summed E-state index contributed by atoms with van der Waals surface area (Å²) in [4.78, 5) is 0. The fraction of sp³-hybridized carbons (Fsp3) is 0.294. The molecule has 0 aromatic heterocycles. The maximum absolute atomic E-state index is 12.5. The number of hydrogen-bond donors (Lipinski definition) is 2. The monoisotopic (exact) mass is 345 g/mol. The molecule has 0 amide bonds. The average Bonchev–Trinajstić information content (AvgIpc) is 2.52. The summed E-state index contributed by atoms with van der Waals surface area (Å²) in [6.07, 6.45) is -2.99. The molecule has 0 unspecified atom stereocenters. The first-order chi connectivity index (χ1) is 10.4. The zero-order valence-electron chi connectivity index (χ0n) is 12.4. The molecule has 0 radical (unpaired) electrons. The molecular formula is C17H19ClF3NO. The molecular weight excluding hydrogens is 327 g/mol. The van der Waals surface area contributed by atoms with Gasteiger partial charge in [0.25, 0.3) is 0 Å². The molecule has 2 rings (SSSR count). The summed E-state index contributed by atoms with van der Waals surface area (Å²) in [5.74, 6) is 0. The number of hydrogen-bond acceptors (Lipinski definition) is 2. The van der Waals surface area contributed by atoms with Crippen molar-refractivity contribution in [2.75, 3.05) is 6.61 Å². The van der Waals surface area contributed by atoms with Crippen LogP contribution < -0.4 is 5.73 Å². The highest BCUT2D eigenvalue weighted by molar-refractivity contribution is 5.85. The van der Waals surface area contributed by atoms with Gasteiger partial charge in [-0.3, -0.25) is 0 Å². The Morgan fingerprint density at radius 2 is 1.39 bits per heavy atom. The van der Waals surface area contributed by atoms with Crippen molar-refractivity contribution in [1.82, 2.24) is 0 Å². The number of rotatable bonds is 5. The van der Waals surface area contributed by atoms with E-state index in [4.69, 9.17) is 10.8 Å². The highest BCUT2D eigenvalue weighted by Gasteiger charge is 2.29. The Balaban J connectivity index is 0.00000264. The van der Waals surface area contributed by atoms with Crippen LogP contribution in [0.5, 0.6) is 0 Å². The molecule has 1 atom stereocenters. The number of aliphatic hydroxyl groups is 1. The molecule has 2 nitrogen and oxygen atoms in total. The van der Waals surface area contributed by atoms with Crippen LogP contribution >= 0.6 is 12.4 Å². The van der Waals surface area contributed by atoms with Gasteiger partial charge < -0.3 is 10.8 Å². The van der Waals surface area contributed by atoms with Crippen molar-refractivity contribution >= 4 is 12.4 Å². The van der Waals surface area contributed by atoms with E-state index in [0.717, 1.165) is 28.8 Å². The largest absolute Gasteiger partial charge is 0.416 e. The zero-order valence-corrected chi connectivity index (χ0v) is 13.2. The Morgan fingerprint density at radius 3 is 1.83 bits per heavy atom. The van der Waals surface area contributed by atoms with Crippen molar-refractivity contribution in [3.63, 3.8) is 0 Å². The molecule has 0 spiro atoms. The lowest BCUT2D eigenvalue weighted by atomic mass is 9.98. The molecule has 0 heterocycles. The standard InChI is InChI=1S/C17H18F3NO.ClH/c18-17(19,20)15-9-7-13(8-10-15)12-3-5-14(6-4-12)16(21)2-1-11-22;/h3-10,16,22H,1-2,11,21H2;1H/t16-;/m0./s1. The van der Waals surface area contributed by atoms with Gasteiger partial charge in [-0.2, -0.15) is 13.2 Å². The van der Waals surface area contributed by atoms with Crippen molar-refractivity contribution in [2.45, 2.75) is 25.1 Å². The van der Waals surface area contributed by atoms with E-state index < -0.39 is 11.7 Å². The normalized spacial score (nSPS) is 12.6. The third-order valence-corrected chi connectivity index (χ3v) is 3.56. The summed E-state index contributed by atoms with van der Waals surface area (Å²) in [5.41, 5.74) is 7.86. The lowest BCUT2D eigenvalue weighted by Crippen LogP contribution is -2.10. The number of halogens is 4. The predicted octanol–water partition coefficient (Wildman–Crippen LogP) is 4.57. The highest BCUT2D eigenvalue weighted by Crippen LogP contribution is 2.31. The molecule has 0 aliphatic rings. The van der Waals surface area contributed by atoms with Gasteiger partial charge in [0.1, 0.15) is 0 Å². The molecule has 0 bridgehead atoms. The molecule has 6 heteroatoms. The molecule has 0 saturated carbocycles. The van der Waals surface area contributed by atoms with Crippen LogP contribution in [0.4, 0.5) is 13.2 Å². The van der Waals surface area contributed by atoms with Gasteiger partial charge in [0.2, 0.25) is 0 Å². The molecule has 0 aliphatic carbocycles. The van der Waals surface area contributed by atoms with Crippen LogP contribution in [0.15, 0.2) is 48.5 Å². The molecule has 2 aromatic carbocycles. The van der Waals surface area contributed by atoms with E-state index in [9.17, 15) is 13.2 Å². The van der Waals surface area contributed by atoms with Gasteiger partial charge in [-0.05, 0) is 41.7 Å². The molecule has 0 fully saturated rings. The van der Waals surface area contributed by atoms with E-state index in [-0.39, 0.29) is 25.1 Å². The van der Waals surface area contributed by atoms with Gasteiger partial charge in [0.15, 0.2) is 0 Å². The number of aliphatic hydroxyl groups excluding tert-OH is 1. The third kappa shape index (κ3) is 5.23. The minimum atomic E-state index is -4.32. The second kappa shape index (κ2) is 8.34. The molecule has 0 saturated heterocycles. The van der Waals surface area contributed by atoms with Crippen LogP contribution in [0, 0.1) is 0 Å². The molecule has 3 N–H and O–H groups in total. The molecule has 0 aliphatic heterocycles. The van der Waals surface area contributed by atoms with E-state index in [1.807, 2.05) is 24.3 Å². The van der Waals surface area contributed by atoms with Crippen LogP contribution in [0.2, 0.25) is 0 Å². The van der Waals surface area contributed by atoms with E-state index in [0.29, 0.717) is 12.8 Å². The third-order valence-electron chi connectivity index (χ3n) is 3.56. The Kier molecular flexibility index (Phi) is 7.06. The first-order valence-corrected chi connectivity index (χ1v) is 7.06. The number of alkyl halides is 3. The molecule has 23 heavy (non-hydrogen) atoms. The van der Waals surface area contributed by atoms with Gasteiger partial charge in [0.05, 0.1) is 5.56 Å². The minimum Gasteiger partial charge on any atom is -0.396 e. The fourth-order valence-electron chi connectivity index (χ4n) is 2.25. The summed E-state index contributed by atoms with van der Waals surface area (Å²) < 4.78 is 37.6. The maximum atomic E-state index is 12.5. The quantitative estimate of drug-likeness (QED) is 0.834. The van der Waals surface area contributed by atoms with Crippen molar-refractivity contribution in [3.8, 4) is 11.1 Å². The van der Waals surface area contributed by atoms with E-state index in [1.165, 1.54) is 12.1 Å². The topological polar surface area (TPSA) is 46.2 Å². The van der Waals surface area contributed by atoms with Crippen LogP contribution in [0.25, 0.3) is 11.1 Å². The SMILES string of the molecule is Cl.N[C@@H](CCCO)c1ccc(-c2ccc(C(F)(F)F)cc2)cc1. The Hall–Kier alpha value is -1.56. The zero-order chi connectivity index (χ0) is 16.2. The number of benzene rings is 2. The first kappa shape index (κ1) is 19.5. The van der Waals surface area contributed by atoms with Crippen LogP contribution in [-0.2, 0) is 6.18 Å². The smallest absolute Gasteiger partial charge is 0.396 e. The number of nitrogens with two attached hydrogens (primary N) is 1. The van der Waals surface area contributed by atoms with Gasteiger partial charge in [-0.1, -0.05) is 36.4 Å². The second-order valence-electron chi connectivity index (χ2n) is 5.17. The average molecular weight is 346 g/mol. The lowest BCUT2D eigenvalue weighted by molar-refractivity contribution is -0.137. The van der Waals surface area contributed by atoms with Crippen LogP contribution in [-0.4, -0.2) is 11.7 Å². The van der Waals surface area contributed by atoms with Crippen LogP contribution in [0.1, 0.15) is 30.0 Å². The summed E-state index contributed by atoms with van der Waals surface area (Å²) in [5, 5.41) is 8.80. The molecule has 126 valence electrons. The van der Waals surface area contributed by atoms with Gasteiger partial charge in [-0.15, -0.1) is 12.4 Å². The summed E-state index contributed by atoms with van der Waals surface area (Å²) in [6.45, 7) is 0.108. The second-order valence-corrected chi connectivity index (χ2v) is 5.17. The minimum absolute atomic E-state index is 0. The van der Waals surface area contributed by atoms with Crippen LogP contribution in [0.3, 0.4) is 0 Å². The summed E-state index contributed by atoms with van der Waals surface area (Å²) in [6, 6.07) is 12.4. The van der Waals surface area contributed by atoms with Gasteiger partial charge >= 0.3 is 6.18 Å². The maximum Gasteiger partial charge on any atom is 0.416 e. The van der Waals surface area contributed by atoms with E-state index in [2.05, 4.69) is 0 Å². The summed E-state index contributed by atoms with van der Waals surface area (Å²) >= 11 is 0. The molecule has 2 aromatic rings. The van der Waals surface area contributed by atoms with Crippen molar-refractivity contribution in [2.24, 2.45) is 5.73 Å². The first-order valence-electron chi connectivity index (χ1n) is 7.06. The Morgan fingerprint density at radius 1 is 0.913 bits per heavy atom. The Bertz CT molecular complexity index is 597. The highest BCUT2D eigenvalue weighted by atomic mass is 35.5. The van der Waals surface area contributed by atoms with E-state index >= 15 is 0 Å². The van der Waals surface area contributed by atoms with Gasteiger partial charge in [0, 0.05) is 12.6 Å². The van der Waals surface area contributed by atoms with Gasteiger partial charge in [-0.25, -0.2) is 0 Å². The predicted molar refractivity (Wildman–Crippen MR) is 87.4 cm³/mol. The van der Waals surface area contributed by atoms with Crippen molar-refractivity contribution < 1.29 is 18.3 Å². The van der Waals surface area contributed by atoms with E-state index in [1.54, 1.807) is 0 Å². The summed E-state index contributed by atoms with van der Waals surface area (Å²) in [7, 11) is 0. The fourth-order valence-corrected chi connectivity index (χ4v) is 2.25. The van der Waals surface area contributed by atoms with Crippen molar-refractivity contribution in [3.05, 3.63) is 59.7 Å². The van der Waals surface area contributed by atoms with Crippen molar-refractivity contribution in [1.29, 1.82) is 0 Å².